The van der Waals surface area contributed by atoms with Crippen molar-refractivity contribution in [2.24, 2.45) is 0 Å². The molecule has 0 aliphatic carbocycles. The van der Waals surface area contributed by atoms with Crippen molar-refractivity contribution in [3.63, 3.8) is 0 Å². The first-order valence-electron chi connectivity index (χ1n) is 11.5. The van der Waals surface area contributed by atoms with Crippen molar-refractivity contribution in [1.29, 1.82) is 0 Å². The highest BCUT2D eigenvalue weighted by Gasteiger charge is 2.33. The van der Waals surface area contributed by atoms with E-state index in [1.165, 1.54) is 4.68 Å². The Balaban J connectivity index is 1.44. The van der Waals surface area contributed by atoms with Gasteiger partial charge in [-0.2, -0.15) is 9.78 Å². The molecule has 1 saturated heterocycles. The fraction of sp³-hybridized carbons (Fsp3) is 0.222. The molecule has 3 aromatic carbocycles. The van der Waals surface area contributed by atoms with Gasteiger partial charge < -0.3 is 14.4 Å². The van der Waals surface area contributed by atoms with Gasteiger partial charge in [0, 0.05) is 11.9 Å². The lowest BCUT2D eigenvalue weighted by Gasteiger charge is -2.27. The molecule has 6 rings (SSSR count). The van der Waals surface area contributed by atoms with E-state index in [1.54, 1.807) is 18.2 Å². The molecule has 0 bridgehead atoms. The summed E-state index contributed by atoms with van der Waals surface area (Å²) >= 11 is 0. The van der Waals surface area contributed by atoms with Crippen LogP contribution in [0, 0.1) is 0 Å². The maximum absolute atomic E-state index is 13.9. The Morgan fingerprint density at radius 2 is 1.62 bits per heavy atom. The summed E-state index contributed by atoms with van der Waals surface area (Å²) in [6, 6.07) is 22.2. The molecule has 0 saturated carbocycles. The number of fused-ring (bicyclic) bond motifs is 2. The molecule has 3 heterocycles. The van der Waals surface area contributed by atoms with Gasteiger partial charge in [-0.1, -0.05) is 42.5 Å². The molecule has 0 unspecified atom stereocenters. The van der Waals surface area contributed by atoms with E-state index in [4.69, 9.17) is 9.47 Å². The molecule has 170 valence electrons. The highest BCUT2D eigenvalue weighted by Crippen LogP contribution is 2.38. The van der Waals surface area contributed by atoms with Gasteiger partial charge in [-0.3, -0.25) is 9.59 Å². The number of rotatable bonds is 3. The summed E-state index contributed by atoms with van der Waals surface area (Å²) in [6.45, 7) is 1.68. The van der Waals surface area contributed by atoms with Gasteiger partial charge in [0.25, 0.3) is 11.5 Å². The van der Waals surface area contributed by atoms with Gasteiger partial charge in [-0.25, -0.2) is 0 Å². The van der Waals surface area contributed by atoms with Crippen LogP contribution in [0.5, 0.6) is 11.5 Å². The van der Waals surface area contributed by atoms with Crippen molar-refractivity contribution in [3.05, 3.63) is 94.4 Å². The normalized spacial score (nSPS) is 17.2. The lowest BCUT2D eigenvalue weighted by Crippen LogP contribution is -2.34. The zero-order valence-corrected chi connectivity index (χ0v) is 18.5. The van der Waals surface area contributed by atoms with E-state index in [0.29, 0.717) is 42.0 Å². The van der Waals surface area contributed by atoms with Crippen LogP contribution in [0.2, 0.25) is 0 Å². The van der Waals surface area contributed by atoms with E-state index >= 15 is 0 Å². The highest BCUT2D eigenvalue weighted by molar-refractivity contribution is 6.05. The van der Waals surface area contributed by atoms with Crippen molar-refractivity contribution in [2.45, 2.75) is 18.9 Å². The predicted octanol–water partition coefficient (Wildman–Crippen LogP) is 4.13. The number of carbonyl (C=O) groups excluding carboxylic acids is 1. The second-order valence-electron chi connectivity index (χ2n) is 8.51. The Labute approximate surface area is 196 Å². The Kier molecular flexibility index (Phi) is 5.02. The SMILES string of the molecule is O=C(c1nn(-c2ccccc2)c(=O)c2ccccc12)N1CCC[C@H]1c1ccc2c(c1)OCCO2. The lowest BCUT2D eigenvalue weighted by molar-refractivity contribution is 0.0729. The minimum absolute atomic E-state index is 0.0963. The van der Waals surface area contributed by atoms with Crippen molar-refractivity contribution in [1.82, 2.24) is 14.7 Å². The molecular weight excluding hydrogens is 430 g/mol. The van der Waals surface area contributed by atoms with Gasteiger partial charge in [-0.15, -0.1) is 0 Å². The Morgan fingerprint density at radius 3 is 2.44 bits per heavy atom. The summed E-state index contributed by atoms with van der Waals surface area (Å²) in [5.41, 5.74) is 1.67. The highest BCUT2D eigenvalue weighted by atomic mass is 16.6. The third kappa shape index (κ3) is 3.41. The van der Waals surface area contributed by atoms with Crippen LogP contribution in [0.3, 0.4) is 0 Å². The number of hydrogen-bond acceptors (Lipinski definition) is 5. The topological polar surface area (TPSA) is 73.7 Å². The second-order valence-corrected chi connectivity index (χ2v) is 8.51. The second kappa shape index (κ2) is 8.33. The first-order chi connectivity index (χ1) is 16.7. The third-order valence-electron chi connectivity index (χ3n) is 6.47. The number of likely N-dealkylation sites (tertiary alicyclic amines) is 1. The smallest absolute Gasteiger partial charge is 0.279 e. The molecule has 0 N–H and O–H groups in total. The zero-order chi connectivity index (χ0) is 23.1. The lowest BCUT2D eigenvalue weighted by atomic mass is 10.0. The Bertz CT molecular complexity index is 1450. The molecule has 2 aliphatic heterocycles. The van der Waals surface area contributed by atoms with E-state index in [0.717, 1.165) is 24.2 Å². The van der Waals surface area contributed by atoms with Crippen LogP contribution < -0.4 is 15.0 Å². The zero-order valence-electron chi connectivity index (χ0n) is 18.5. The van der Waals surface area contributed by atoms with Crippen LogP contribution >= 0.6 is 0 Å². The van der Waals surface area contributed by atoms with Gasteiger partial charge in [0.1, 0.15) is 13.2 Å². The number of amides is 1. The number of benzene rings is 3. The predicted molar refractivity (Wildman–Crippen MR) is 128 cm³/mol. The largest absolute Gasteiger partial charge is 0.486 e. The molecular formula is C27H23N3O4. The van der Waals surface area contributed by atoms with Crippen LogP contribution in [-0.2, 0) is 0 Å². The average molecular weight is 453 g/mol. The summed E-state index contributed by atoms with van der Waals surface area (Å²) in [5.74, 6) is 1.26. The number of para-hydroxylation sites is 1. The number of carbonyl (C=O) groups is 1. The maximum Gasteiger partial charge on any atom is 0.279 e. The maximum atomic E-state index is 13.9. The summed E-state index contributed by atoms with van der Waals surface area (Å²) in [7, 11) is 0. The van der Waals surface area contributed by atoms with Gasteiger partial charge >= 0.3 is 0 Å². The van der Waals surface area contributed by atoms with Gasteiger partial charge in [-0.05, 0) is 48.7 Å². The summed E-state index contributed by atoms with van der Waals surface area (Å²) in [6.07, 6.45) is 1.74. The monoisotopic (exact) mass is 453 g/mol. The van der Waals surface area contributed by atoms with E-state index in [-0.39, 0.29) is 23.2 Å². The van der Waals surface area contributed by atoms with Crippen LogP contribution in [0.25, 0.3) is 16.5 Å². The molecule has 1 atom stereocenters. The molecule has 1 amide bonds. The van der Waals surface area contributed by atoms with Crippen molar-refractivity contribution in [2.75, 3.05) is 19.8 Å². The van der Waals surface area contributed by atoms with E-state index in [9.17, 15) is 9.59 Å². The molecule has 2 aliphatic rings. The Morgan fingerprint density at radius 1 is 0.882 bits per heavy atom. The minimum atomic E-state index is -0.247. The standard InChI is InChI=1S/C27H23N3O4/c31-26-21-10-5-4-9-20(21)25(28-30(26)19-7-2-1-3-8-19)27(32)29-14-6-11-22(29)18-12-13-23-24(17-18)34-16-15-33-23/h1-5,7-10,12-13,17,22H,6,11,14-16H2/t22-/m0/s1. The van der Waals surface area contributed by atoms with Gasteiger partial charge in [0.2, 0.25) is 0 Å². The number of aromatic nitrogens is 2. The van der Waals surface area contributed by atoms with Gasteiger partial charge in [0.05, 0.1) is 17.1 Å². The van der Waals surface area contributed by atoms with Crippen molar-refractivity contribution < 1.29 is 14.3 Å². The summed E-state index contributed by atoms with van der Waals surface area (Å²) in [4.78, 5) is 29.0. The first-order valence-corrected chi connectivity index (χ1v) is 11.5. The third-order valence-corrected chi connectivity index (χ3v) is 6.47. The van der Waals surface area contributed by atoms with Crippen LogP contribution in [0.1, 0.15) is 34.9 Å². The fourth-order valence-corrected chi connectivity index (χ4v) is 4.85. The minimum Gasteiger partial charge on any atom is -0.486 e. The van der Waals surface area contributed by atoms with Crippen LogP contribution in [0.15, 0.2) is 77.6 Å². The number of nitrogens with zero attached hydrogens (tertiary/aromatic N) is 3. The molecule has 4 aromatic rings. The number of hydrogen-bond donors (Lipinski definition) is 0. The molecule has 1 fully saturated rings. The van der Waals surface area contributed by atoms with E-state index in [2.05, 4.69) is 5.10 Å². The van der Waals surface area contributed by atoms with Crippen LogP contribution in [0.4, 0.5) is 0 Å². The average Bonchev–Trinajstić information content (AvgIpc) is 3.39. The fourth-order valence-electron chi connectivity index (χ4n) is 4.85. The molecule has 34 heavy (non-hydrogen) atoms. The van der Waals surface area contributed by atoms with Crippen molar-refractivity contribution in [3.8, 4) is 17.2 Å². The molecule has 1 aromatic heterocycles. The molecule has 7 heteroatoms. The van der Waals surface area contributed by atoms with Crippen LogP contribution in [-0.4, -0.2) is 40.3 Å². The number of ether oxygens (including phenoxy) is 2. The van der Waals surface area contributed by atoms with Gasteiger partial charge in [0.15, 0.2) is 17.2 Å². The molecule has 7 nitrogen and oxygen atoms in total. The van der Waals surface area contributed by atoms with E-state index in [1.807, 2.05) is 59.5 Å². The Hall–Kier alpha value is -4.13. The van der Waals surface area contributed by atoms with Crippen molar-refractivity contribution >= 4 is 16.7 Å². The summed E-state index contributed by atoms with van der Waals surface area (Å²) in [5, 5.41) is 5.62. The summed E-state index contributed by atoms with van der Waals surface area (Å²) < 4.78 is 12.7. The molecule has 0 spiro atoms. The van der Waals surface area contributed by atoms with E-state index < -0.39 is 0 Å². The molecule has 0 radical (unpaired) electrons. The first kappa shape index (κ1) is 20.5. The quantitative estimate of drug-likeness (QED) is 0.466.